The number of alkyl halides is 1. The van der Waals surface area contributed by atoms with Crippen molar-refractivity contribution in [3.05, 3.63) is 23.7 Å². The van der Waals surface area contributed by atoms with Crippen molar-refractivity contribution in [2.45, 2.75) is 33.2 Å². The third-order valence-electron chi connectivity index (χ3n) is 2.57. The van der Waals surface area contributed by atoms with E-state index in [1.165, 1.54) is 0 Å². The van der Waals surface area contributed by atoms with Crippen LogP contribution in [0.2, 0.25) is 0 Å². The molecule has 0 saturated heterocycles. The van der Waals surface area contributed by atoms with Gasteiger partial charge in [0.15, 0.2) is 5.65 Å². The summed E-state index contributed by atoms with van der Waals surface area (Å²) in [4.78, 5) is 9.06. The highest BCUT2D eigenvalue weighted by Gasteiger charge is 2.10. The van der Waals surface area contributed by atoms with Gasteiger partial charge in [0.2, 0.25) is 0 Å². The van der Waals surface area contributed by atoms with Crippen LogP contribution in [0.25, 0.3) is 11.2 Å². The summed E-state index contributed by atoms with van der Waals surface area (Å²) in [5.74, 6) is 1.65. The average Bonchev–Trinajstić information content (AvgIpc) is 2.57. The van der Waals surface area contributed by atoms with Crippen molar-refractivity contribution in [2.75, 3.05) is 5.88 Å². The molecule has 0 bridgehead atoms. The Morgan fingerprint density at radius 1 is 1.44 bits per heavy atom. The van der Waals surface area contributed by atoms with Crippen molar-refractivity contribution < 1.29 is 0 Å². The van der Waals surface area contributed by atoms with E-state index in [9.17, 15) is 0 Å². The number of hydrogen-bond donors (Lipinski definition) is 0. The molecule has 0 saturated carbocycles. The largest absolute Gasteiger partial charge is 0.313 e. The molecule has 0 aliphatic carbocycles. The number of nitrogens with zero attached hydrogens (tertiary/aromatic N) is 3. The van der Waals surface area contributed by atoms with Gasteiger partial charge in [-0.05, 0) is 25.0 Å². The molecule has 4 heteroatoms. The van der Waals surface area contributed by atoms with Crippen LogP contribution in [0.3, 0.4) is 0 Å². The summed E-state index contributed by atoms with van der Waals surface area (Å²) < 4.78 is 2.18. The maximum Gasteiger partial charge on any atom is 0.160 e. The monoisotopic (exact) mass is 237 g/mol. The van der Waals surface area contributed by atoms with Gasteiger partial charge in [0.05, 0.1) is 0 Å². The molecule has 0 aliphatic heterocycles. The lowest BCUT2D eigenvalue weighted by Crippen LogP contribution is -2.04. The van der Waals surface area contributed by atoms with Crippen LogP contribution in [0.1, 0.15) is 24.7 Å². The third kappa shape index (κ3) is 2.05. The van der Waals surface area contributed by atoms with Crippen LogP contribution in [-0.2, 0) is 13.0 Å². The number of imidazole rings is 1. The number of fused-ring (bicyclic) bond motifs is 1. The van der Waals surface area contributed by atoms with Crippen LogP contribution >= 0.6 is 11.6 Å². The molecule has 0 radical (unpaired) electrons. The third-order valence-corrected chi connectivity index (χ3v) is 2.76. The molecule has 2 aromatic rings. The van der Waals surface area contributed by atoms with Crippen LogP contribution in [0, 0.1) is 6.92 Å². The predicted octanol–water partition coefficient (Wildman–Crippen LogP) is 2.93. The first-order valence-electron chi connectivity index (χ1n) is 5.64. The molecular formula is C12H16ClN3. The fourth-order valence-electron chi connectivity index (χ4n) is 1.89. The molecule has 0 aliphatic rings. The van der Waals surface area contributed by atoms with Gasteiger partial charge in [0.25, 0.3) is 0 Å². The lowest BCUT2D eigenvalue weighted by Gasteiger charge is -2.05. The van der Waals surface area contributed by atoms with Crippen LogP contribution in [-0.4, -0.2) is 20.4 Å². The number of halogens is 1. The van der Waals surface area contributed by atoms with E-state index in [1.54, 1.807) is 0 Å². The van der Waals surface area contributed by atoms with Crippen LogP contribution < -0.4 is 0 Å². The molecular weight excluding hydrogens is 222 g/mol. The quantitative estimate of drug-likeness (QED) is 0.766. The zero-order valence-electron chi connectivity index (χ0n) is 9.70. The Bertz CT molecular complexity index is 490. The van der Waals surface area contributed by atoms with Gasteiger partial charge in [0, 0.05) is 25.0 Å². The summed E-state index contributed by atoms with van der Waals surface area (Å²) in [7, 11) is 0. The smallest absolute Gasteiger partial charge is 0.160 e. The van der Waals surface area contributed by atoms with Crippen molar-refractivity contribution in [1.82, 2.24) is 14.5 Å². The lowest BCUT2D eigenvalue weighted by atomic mass is 10.3. The first-order valence-corrected chi connectivity index (χ1v) is 6.17. The summed E-state index contributed by atoms with van der Waals surface area (Å²) in [6, 6.07) is 2.08. The second-order valence-corrected chi connectivity index (χ2v) is 4.35. The van der Waals surface area contributed by atoms with Gasteiger partial charge in [-0.25, -0.2) is 9.97 Å². The molecule has 0 atom stereocenters. The fraction of sp³-hybridized carbons (Fsp3) is 0.500. The topological polar surface area (TPSA) is 30.7 Å². The minimum absolute atomic E-state index is 0.603. The Labute approximate surface area is 100 Å². The molecule has 16 heavy (non-hydrogen) atoms. The number of pyridine rings is 1. The van der Waals surface area contributed by atoms with E-state index in [0.717, 1.165) is 41.9 Å². The zero-order chi connectivity index (χ0) is 11.5. The summed E-state index contributed by atoms with van der Waals surface area (Å²) in [6.07, 6.45) is 3.77. The number of rotatable bonds is 4. The average molecular weight is 238 g/mol. The molecule has 0 N–H and O–H groups in total. The predicted molar refractivity (Wildman–Crippen MR) is 67.0 cm³/mol. The number of aromatic nitrogens is 3. The van der Waals surface area contributed by atoms with Crippen LogP contribution in [0.5, 0.6) is 0 Å². The maximum absolute atomic E-state index is 5.79. The van der Waals surface area contributed by atoms with Gasteiger partial charge in [-0.3, -0.25) is 0 Å². The van der Waals surface area contributed by atoms with E-state index >= 15 is 0 Å². The second-order valence-electron chi connectivity index (χ2n) is 3.97. The standard InChI is InChI=1S/C12H16ClN3/c1-3-6-16-11(4-5-13)15-10-7-9(2)8-14-12(10)16/h7-8H,3-6H2,1-2H3. The summed E-state index contributed by atoms with van der Waals surface area (Å²) >= 11 is 5.79. The van der Waals surface area contributed by atoms with Crippen molar-refractivity contribution in [1.29, 1.82) is 0 Å². The van der Waals surface area contributed by atoms with E-state index in [4.69, 9.17) is 11.6 Å². The minimum Gasteiger partial charge on any atom is -0.313 e. The van der Waals surface area contributed by atoms with Gasteiger partial charge in [0.1, 0.15) is 11.3 Å². The Kier molecular flexibility index (Phi) is 3.44. The Morgan fingerprint density at radius 3 is 2.94 bits per heavy atom. The Hall–Kier alpha value is -1.09. The van der Waals surface area contributed by atoms with E-state index in [0.29, 0.717) is 5.88 Å². The van der Waals surface area contributed by atoms with Crippen molar-refractivity contribution in [3.8, 4) is 0 Å². The Morgan fingerprint density at radius 2 is 2.25 bits per heavy atom. The van der Waals surface area contributed by atoms with E-state index in [2.05, 4.69) is 27.5 Å². The Balaban J connectivity index is 2.56. The second kappa shape index (κ2) is 4.83. The number of aryl methyl sites for hydroxylation is 3. The SMILES string of the molecule is CCCn1c(CCCl)nc2cc(C)cnc21. The molecule has 2 heterocycles. The van der Waals surface area contributed by atoms with Gasteiger partial charge >= 0.3 is 0 Å². The molecule has 2 rings (SSSR count). The van der Waals surface area contributed by atoms with Crippen molar-refractivity contribution in [3.63, 3.8) is 0 Å². The minimum atomic E-state index is 0.603. The molecule has 0 aromatic carbocycles. The highest BCUT2D eigenvalue weighted by molar-refractivity contribution is 6.17. The molecule has 3 nitrogen and oxygen atoms in total. The zero-order valence-corrected chi connectivity index (χ0v) is 10.5. The van der Waals surface area contributed by atoms with Gasteiger partial charge in [-0.2, -0.15) is 0 Å². The summed E-state index contributed by atoms with van der Waals surface area (Å²) in [6.45, 7) is 5.15. The van der Waals surface area contributed by atoms with E-state index < -0.39 is 0 Å². The molecule has 0 amide bonds. The molecule has 2 aromatic heterocycles. The van der Waals surface area contributed by atoms with E-state index in [-0.39, 0.29) is 0 Å². The molecule has 86 valence electrons. The summed E-state index contributed by atoms with van der Waals surface area (Å²) in [5.41, 5.74) is 3.10. The van der Waals surface area contributed by atoms with Crippen molar-refractivity contribution >= 4 is 22.8 Å². The van der Waals surface area contributed by atoms with Crippen LogP contribution in [0.4, 0.5) is 0 Å². The summed E-state index contributed by atoms with van der Waals surface area (Å²) in [5, 5.41) is 0. The highest BCUT2D eigenvalue weighted by Crippen LogP contribution is 2.16. The highest BCUT2D eigenvalue weighted by atomic mass is 35.5. The fourth-order valence-corrected chi connectivity index (χ4v) is 2.06. The first kappa shape index (κ1) is 11.4. The van der Waals surface area contributed by atoms with Gasteiger partial charge in [-0.1, -0.05) is 6.92 Å². The van der Waals surface area contributed by atoms with E-state index in [1.807, 2.05) is 13.1 Å². The molecule has 0 unspecified atom stereocenters. The van der Waals surface area contributed by atoms with Crippen molar-refractivity contribution in [2.24, 2.45) is 0 Å². The lowest BCUT2D eigenvalue weighted by molar-refractivity contribution is 0.655. The molecule has 0 spiro atoms. The van der Waals surface area contributed by atoms with Gasteiger partial charge in [-0.15, -0.1) is 11.6 Å². The molecule has 0 fully saturated rings. The number of hydrogen-bond acceptors (Lipinski definition) is 2. The van der Waals surface area contributed by atoms with Gasteiger partial charge < -0.3 is 4.57 Å². The normalized spacial score (nSPS) is 11.2. The first-order chi connectivity index (χ1) is 7.76. The van der Waals surface area contributed by atoms with Crippen LogP contribution in [0.15, 0.2) is 12.3 Å². The maximum atomic E-state index is 5.79.